The normalized spacial score (nSPS) is 21.9. The Kier molecular flexibility index (Phi) is 3.49. The van der Waals surface area contributed by atoms with E-state index in [9.17, 15) is 5.11 Å². The van der Waals surface area contributed by atoms with Crippen molar-refractivity contribution in [2.45, 2.75) is 26.0 Å². The van der Waals surface area contributed by atoms with Crippen molar-refractivity contribution in [3.05, 3.63) is 42.1 Å². The molecule has 0 amide bonds. The molecule has 3 heteroatoms. The SMILES string of the molecule is CC(O)C1CCN(Cc2ccnc3ccccc23)C1. The minimum absolute atomic E-state index is 0.195. The molecule has 0 radical (unpaired) electrons. The zero-order valence-corrected chi connectivity index (χ0v) is 11.3. The molecule has 1 aliphatic rings. The number of aliphatic hydroxyl groups is 1. The van der Waals surface area contributed by atoms with Gasteiger partial charge >= 0.3 is 0 Å². The molecule has 2 heterocycles. The van der Waals surface area contributed by atoms with Crippen molar-refractivity contribution in [3.8, 4) is 0 Å². The van der Waals surface area contributed by atoms with Gasteiger partial charge in [-0.2, -0.15) is 0 Å². The predicted molar refractivity (Wildman–Crippen MR) is 76.8 cm³/mol. The Morgan fingerprint density at radius 2 is 2.21 bits per heavy atom. The van der Waals surface area contributed by atoms with Gasteiger partial charge in [-0.15, -0.1) is 0 Å². The van der Waals surface area contributed by atoms with Crippen molar-refractivity contribution in [1.82, 2.24) is 9.88 Å². The fourth-order valence-corrected chi connectivity index (χ4v) is 2.93. The number of aromatic nitrogens is 1. The number of hydrogen-bond donors (Lipinski definition) is 1. The number of pyridine rings is 1. The fourth-order valence-electron chi connectivity index (χ4n) is 2.93. The molecule has 1 aromatic carbocycles. The second-order valence-electron chi connectivity index (χ2n) is 5.51. The number of benzene rings is 1. The van der Waals surface area contributed by atoms with Crippen molar-refractivity contribution < 1.29 is 5.11 Å². The van der Waals surface area contributed by atoms with Gasteiger partial charge in [-0.25, -0.2) is 0 Å². The average Bonchev–Trinajstić information content (AvgIpc) is 2.88. The van der Waals surface area contributed by atoms with Crippen LogP contribution in [0, 0.1) is 5.92 Å². The summed E-state index contributed by atoms with van der Waals surface area (Å²) in [4.78, 5) is 6.83. The third kappa shape index (κ3) is 2.62. The van der Waals surface area contributed by atoms with Gasteiger partial charge < -0.3 is 5.11 Å². The van der Waals surface area contributed by atoms with Gasteiger partial charge in [0.05, 0.1) is 11.6 Å². The molecule has 3 nitrogen and oxygen atoms in total. The summed E-state index contributed by atoms with van der Waals surface area (Å²) < 4.78 is 0. The van der Waals surface area contributed by atoms with Crippen molar-refractivity contribution in [1.29, 1.82) is 0 Å². The number of fused-ring (bicyclic) bond motifs is 1. The van der Waals surface area contributed by atoms with E-state index in [4.69, 9.17) is 0 Å². The van der Waals surface area contributed by atoms with Crippen molar-refractivity contribution in [2.24, 2.45) is 5.92 Å². The van der Waals surface area contributed by atoms with Crippen LogP contribution in [-0.4, -0.2) is 34.2 Å². The lowest BCUT2D eigenvalue weighted by Gasteiger charge is -2.18. The van der Waals surface area contributed by atoms with Crippen molar-refractivity contribution in [3.63, 3.8) is 0 Å². The molecule has 1 aliphatic heterocycles. The lowest BCUT2D eigenvalue weighted by atomic mass is 10.0. The smallest absolute Gasteiger partial charge is 0.0705 e. The van der Waals surface area contributed by atoms with Crippen LogP contribution in [-0.2, 0) is 6.54 Å². The first-order valence-corrected chi connectivity index (χ1v) is 6.97. The number of hydrogen-bond acceptors (Lipinski definition) is 3. The second-order valence-corrected chi connectivity index (χ2v) is 5.51. The van der Waals surface area contributed by atoms with Crippen LogP contribution in [0.25, 0.3) is 10.9 Å². The standard InChI is InChI=1S/C16H20N2O/c1-12(19)13-7-9-18(10-13)11-14-6-8-17-16-5-3-2-4-15(14)16/h2-6,8,12-13,19H,7,9-11H2,1H3. The van der Waals surface area contributed by atoms with E-state index in [1.165, 1.54) is 10.9 Å². The first-order valence-electron chi connectivity index (χ1n) is 6.97. The molecule has 1 aromatic heterocycles. The molecular formula is C16H20N2O. The molecule has 100 valence electrons. The van der Waals surface area contributed by atoms with E-state index in [1.807, 2.05) is 19.2 Å². The van der Waals surface area contributed by atoms with Crippen LogP contribution in [0.2, 0.25) is 0 Å². The number of aliphatic hydroxyl groups excluding tert-OH is 1. The van der Waals surface area contributed by atoms with E-state index in [0.717, 1.165) is 31.6 Å². The van der Waals surface area contributed by atoms with Crippen LogP contribution in [0.3, 0.4) is 0 Å². The molecule has 3 rings (SSSR count). The lowest BCUT2D eigenvalue weighted by molar-refractivity contribution is 0.127. The highest BCUT2D eigenvalue weighted by Crippen LogP contribution is 2.24. The van der Waals surface area contributed by atoms with Crippen LogP contribution >= 0.6 is 0 Å². The molecule has 19 heavy (non-hydrogen) atoms. The Bertz CT molecular complexity index is 562. The van der Waals surface area contributed by atoms with E-state index >= 15 is 0 Å². The first kappa shape index (κ1) is 12.6. The summed E-state index contributed by atoms with van der Waals surface area (Å²) in [5, 5.41) is 10.9. The molecule has 2 aromatic rings. The molecule has 2 unspecified atom stereocenters. The van der Waals surface area contributed by atoms with E-state index in [1.54, 1.807) is 0 Å². The molecular weight excluding hydrogens is 236 g/mol. The van der Waals surface area contributed by atoms with Gasteiger partial charge in [0.25, 0.3) is 0 Å². The highest BCUT2D eigenvalue weighted by Gasteiger charge is 2.25. The average molecular weight is 256 g/mol. The number of rotatable bonds is 3. The first-order chi connectivity index (χ1) is 9.24. The van der Waals surface area contributed by atoms with Gasteiger partial charge in [0.2, 0.25) is 0 Å². The summed E-state index contributed by atoms with van der Waals surface area (Å²) in [6.45, 7) is 4.92. The van der Waals surface area contributed by atoms with E-state index in [0.29, 0.717) is 5.92 Å². The van der Waals surface area contributed by atoms with E-state index in [2.05, 4.69) is 34.1 Å². The third-order valence-electron chi connectivity index (χ3n) is 4.12. The summed E-state index contributed by atoms with van der Waals surface area (Å²) in [6.07, 6.45) is 2.79. The minimum Gasteiger partial charge on any atom is -0.393 e. The van der Waals surface area contributed by atoms with Gasteiger partial charge in [-0.1, -0.05) is 18.2 Å². The molecule has 0 aliphatic carbocycles. The van der Waals surface area contributed by atoms with Crippen molar-refractivity contribution in [2.75, 3.05) is 13.1 Å². The van der Waals surface area contributed by atoms with Gasteiger partial charge in [0, 0.05) is 24.7 Å². The Morgan fingerprint density at radius 1 is 1.37 bits per heavy atom. The molecule has 1 N–H and O–H groups in total. The van der Waals surface area contributed by atoms with Gasteiger partial charge in [0.15, 0.2) is 0 Å². The second kappa shape index (κ2) is 5.27. The van der Waals surface area contributed by atoms with E-state index in [-0.39, 0.29) is 6.10 Å². The molecule has 0 spiro atoms. The summed E-state index contributed by atoms with van der Waals surface area (Å²) >= 11 is 0. The summed E-state index contributed by atoms with van der Waals surface area (Å²) in [5.41, 5.74) is 2.39. The van der Waals surface area contributed by atoms with E-state index < -0.39 is 0 Å². The lowest BCUT2D eigenvalue weighted by Crippen LogP contribution is -2.24. The largest absolute Gasteiger partial charge is 0.393 e. The van der Waals surface area contributed by atoms with Gasteiger partial charge in [-0.3, -0.25) is 9.88 Å². The summed E-state index contributed by atoms with van der Waals surface area (Å²) in [6, 6.07) is 10.4. The zero-order chi connectivity index (χ0) is 13.2. The maximum atomic E-state index is 9.67. The molecule has 2 atom stereocenters. The van der Waals surface area contributed by atoms with Gasteiger partial charge in [0.1, 0.15) is 0 Å². The quantitative estimate of drug-likeness (QED) is 0.916. The Balaban J connectivity index is 1.79. The van der Waals surface area contributed by atoms with Crippen LogP contribution in [0.1, 0.15) is 18.9 Å². The molecule has 0 saturated carbocycles. The maximum Gasteiger partial charge on any atom is 0.0705 e. The highest BCUT2D eigenvalue weighted by molar-refractivity contribution is 5.81. The topological polar surface area (TPSA) is 36.4 Å². The van der Waals surface area contributed by atoms with Crippen LogP contribution in [0.5, 0.6) is 0 Å². The minimum atomic E-state index is -0.195. The summed E-state index contributed by atoms with van der Waals surface area (Å²) in [5.74, 6) is 0.424. The Morgan fingerprint density at radius 3 is 3.00 bits per heavy atom. The Labute approximate surface area is 113 Å². The van der Waals surface area contributed by atoms with Crippen LogP contribution < -0.4 is 0 Å². The zero-order valence-electron chi connectivity index (χ0n) is 11.3. The van der Waals surface area contributed by atoms with Gasteiger partial charge in [-0.05, 0) is 43.5 Å². The molecule has 1 fully saturated rings. The number of nitrogens with zero attached hydrogens (tertiary/aromatic N) is 2. The number of para-hydroxylation sites is 1. The molecule has 0 bridgehead atoms. The fraction of sp³-hybridized carbons (Fsp3) is 0.438. The maximum absolute atomic E-state index is 9.67. The third-order valence-corrected chi connectivity index (χ3v) is 4.12. The van der Waals surface area contributed by atoms with Crippen LogP contribution in [0.4, 0.5) is 0 Å². The Hall–Kier alpha value is -1.45. The molecule has 1 saturated heterocycles. The predicted octanol–water partition coefficient (Wildman–Crippen LogP) is 2.44. The van der Waals surface area contributed by atoms with Crippen LogP contribution in [0.15, 0.2) is 36.5 Å². The highest BCUT2D eigenvalue weighted by atomic mass is 16.3. The monoisotopic (exact) mass is 256 g/mol. The number of likely N-dealkylation sites (tertiary alicyclic amines) is 1. The summed E-state index contributed by atoms with van der Waals surface area (Å²) in [7, 11) is 0. The van der Waals surface area contributed by atoms with Crippen molar-refractivity contribution >= 4 is 10.9 Å².